The molecule has 2 aromatic carbocycles. The van der Waals surface area contributed by atoms with Crippen molar-refractivity contribution < 1.29 is 4.79 Å². The maximum Gasteiger partial charge on any atom is 0.187 e. The van der Waals surface area contributed by atoms with Gasteiger partial charge in [0, 0.05) is 19.0 Å². The number of allylic oxidation sites excluding steroid dienone is 1. The number of carbonyl (C=O) groups is 1. The fourth-order valence-corrected chi connectivity index (χ4v) is 4.13. The smallest absolute Gasteiger partial charge is 0.187 e. The van der Waals surface area contributed by atoms with Crippen LogP contribution in [0.4, 0.5) is 11.4 Å². The van der Waals surface area contributed by atoms with Crippen molar-refractivity contribution in [3.8, 4) is 6.07 Å². The first-order valence-corrected chi connectivity index (χ1v) is 9.36. The average molecular weight is 363 g/mol. The van der Waals surface area contributed by atoms with Gasteiger partial charge in [-0.2, -0.15) is 5.26 Å². The zero-order chi connectivity index (χ0) is 18.8. The normalized spacial score (nSPS) is 12.8. The molecule has 0 atom stereocenters. The third-order valence-electron chi connectivity index (χ3n) is 4.56. The quantitative estimate of drug-likeness (QED) is 0.461. The Morgan fingerprint density at radius 2 is 1.69 bits per heavy atom. The molecule has 0 N–H and O–H groups in total. The number of hydrogen-bond acceptors (Lipinski definition) is 5. The molecule has 1 aliphatic heterocycles. The lowest BCUT2D eigenvalue weighted by molar-refractivity contribution is -0.112. The van der Waals surface area contributed by atoms with E-state index in [1.807, 2.05) is 62.0 Å². The molecule has 26 heavy (non-hydrogen) atoms. The SMILES string of the molecule is Cc1ccc(C)c(SCC(=O)C(C#N)=C2N(C)c3ccccc3N2C)c1. The lowest BCUT2D eigenvalue weighted by atomic mass is 10.2. The summed E-state index contributed by atoms with van der Waals surface area (Å²) in [4.78, 5) is 17.7. The van der Waals surface area contributed by atoms with Crippen molar-refractivity contribution in [1.29, 1.82) is 5.26 Å². The first-order chi connectivity index (χ1) is 12.4. The van der Waals surface area contributed by atoms with Gasteiger partial charge in [-0.25, -0.2) is 0 Å². The number of benzene rings is 2. The van der Waals surface area contributed by atoms with E-state index in [1.54, 1.807) is 0 Å². The van der Waals surface area contributed by atoms with Crippen molar-refractivity contribution in [2.45, 2.75) is 18.7 Å². The molecular formula is C21H21N3OS. The predicted octanol–water partition coefficient (Wildman–Crippen LogP) is 4.29. The summed E-state index contributed by atoms with van der Waals surface area (Å²) >= 11 is 1.49. The standard InChI is InChI=1S/C21H21N3OS/c1-14-9-10-15(2)20(11-14)26-13-19(25)16(12-22)21-23(3)17-7-5-6-8-18(17)24(21)4/h5-11H,13H2,1-4H3. The largest absolute Gasteiger partial charge is 0.328 e. The maximum absolute atomic E-state index is 12.8. The number of nitrogens with zero attached hydrogens (tertiary/aromatic N) is 3. The number of nitriles is 1. The molecule has 0 bridgehead atoms. The molecule has 0 aromatic heterocycles. The van der Waals surface area contributed by atoms with Crippen LogP contribution in [0.25, 0.3) is 0 Å². The van der Waals surface area contributed by atoms with Crippen molar-refractivity contribution in [1.82, 2.24) is 0 Å². The summed E-state index contributed by atoms with van der Waals surface area (Å²) in [7, 11) is 3.78. The minimum absolute atomic E-state index is 0.153. The van der Waals surface area contributed by atoms with Gasteiger partial charge in [-0.1, -0.05) is 29.8 Å². The highest BCUT2D eigenvalue weighted by Gasteiger charge is 2.31. The Hall–Kier alpha value is -2.71. The molecule has 0 unspecified atom stereocenters. The second-order valence-corrected chi connectivity index (χ2v) is 7.42. The molecular weight excluding hydrogens is 342 g/mol. The van der Waals surface area contributed by atoms with Crippen molar-refractivity contribution in [2.75, 3.05) is 29.6 Å². The molecule has 3 rings (SSSR count). The van der Waals surface area contributed by atoms with Crippen LogP contribution in [-0.2, 0) is 4.79 Å². The van der Waals surface area contributed by atoms with E-state index in [1.165, 1.54) is 11.8 Å². The Morgan fingerprint density at radius 1 is 1.08 bits per heavy atom. The van der Waals surface area contributed by atoms with E-state index in [9.17, 15) is 10.1 Å². The monoisotopic (exact) mass is 363 g/mol. The number of thioether (sulfide) groups is 1. The summed E-state index contributed by atoms with van der Waals surface area (Å²) in [6, 6.07) is 16.2. The van der Waals surface area contributed by atoms with Gasteiger partial charge < -0.3 is 9.80 Å². The van der Waals surface area contributed by atoms with Gasteiger partial charge in [0.25, 0.3) is 0 Å². The highest BCUT2D eigenvalue weighted by molar-refractivity contribution is 8.00. The van der Waals surface area contributed by atoms with E-state index in [-0.39, 0.29) is 17.1 Å². The highest BCUT2D eigenvalue weighted by Crippen LogP contribution is 2.40. The van der Waals surface area contributed by atoms with Crippen LogP contribution in [0, 0.1) is 25.2 Å². The van der Waals surface area contributed by atoms with E-state index in [4.69, 9.17) is 0 Å². The van der Waals surface area contributed by atoms with Crippen LogP contribution in [0.15, 0.2) is 58.8 Å². The molecule has 4 nitrogen and oxygen atoms in total. The van der Waals surface area contributed by atoms with E-state index < -0.39 is 0 Å². The number of ketones is 1. The fraction of sp³-hybridized carbons (Fsp3) is 0.238. The van der Waals surface area contributed by atoms with Crippen LogP contribution in [0.5, 0.6) is 0 Å². The second-order valence-electron chi connectivity index (χ2n) is 6.40. The summed E-state index contributed by atoms with van der Waals surface area (Å²) in [5.74, 6) is 0.731. The first kappa shape index (κ1) is 18.1. The molecule has 0 fully saturated rings. The third kappa shape index (κ3) is 3.21. The molecule has 0 saturated carbocycles. The van der Waals surface area contributed by atoms with Crippen LogP contribution in [0.1, 0.15) is 11.1 Å². The zero-order valence-corrected chi connectivity index (χ0v) is 16.2. The number of hydrogen-bond donors (Lipinski definition) is 0. The van der Waals surface area contributed by atoms with Gasteiger partial charge in [0.1, 0.15) is 17.5 Å². The van der Waals surface area contributed by atoms with E-state index in [0.29, 0.717) is 5.82 Å². The van der Waals surface area contributed by atoms with Crippen LogP contribution in [0.2, 0.25) is 0 Å². The van der Waals surface area contributed by atoms with Gasteiger partial charge in [-0.15, -0.1) is 11.8 Å². The summed E-state index contributed by atoms with van der Waals surface area (Å²) < 4.78 is 0. The molecule has 0 saturated heterocycles. The van der Waals surface area contributed by atoms with Crippen molar-refractivity contribution in [2.24, 2.45) is 0 Å². The minimum Gasteiger partial charge on any atom is -0.328 e. The van der Waals surface area contributed by atoms with Crippen LogP contribution in [-0.4, -0.2) is 25.6 Å². The molecule has 2 aromatic rings. The summed E-state index contributed by atoms with van der Waals surface area (Å²) in [5, 5.41) is 9.68. The summed E-state index contributed by atoms with van der Waals surface area (Å²) in [6.45, 7) is 4.07. The lowest BCUT2D eigenvalue weighted by Gasteiger charge is -2.20. The third-order valence-corrected chi connectivity index (χ3v) is 5.71. The Morgan fingerprint density at radius 3 is 2.27 bits per heavy atom. The number of fused-ring (bicyclic) bond motifs is 1. The Balaban J connectivity index is 1.87. The molecule has 1 heterocycles. The Labute approximate surface area is 158 Å². The zero-order valence-electron chi connectivity index (χ0n) is 15.4. The topological polar surface area (TPSA) is 47.3 Å². The van der Waals surface area contributed by atoms with Crippen LogP contribution >= 0.6 is 11.8 Å². The van der Waals surface area contributed by atoms with Gasteiger partial charge in [0.2, 0.25) is 0 Å². The van der Waals surface area contributed by atoms with Gasteiger partial charge in [0.05, 0.1) is 17.1 Å². The maximum atomic E-state index is 12.8. The van der Waals surface area contributed by atoms with Crippen molar-refractivity contribution in [3.63, 3.8) is 0 Å². The van der Waals surface area contributed by atoms with Crippen molar-refractivity contribution >= 4 is 28.9 Å². The Bertz CT molecular complexity index is 912. The molecule has 0 amide bonds. The minimum atomic E-state index is -0.153. The summed E-state index contributed by atoms with van der Waals surface area (Å²) in [6.07, 6.45) is 0. The second kappa shape index (κ2) is 7.27. The molecule has 0 radical (unpaired) electrons. The lowest BCUT2D eigenvalue weighted by Crippen LogP contribution is -2.26. The number of rotatable bonds is 4. The Kier molecular flexibility index (Phi) is 5.06. The number of anilines is 2. The fourth-order valence-electron chi connectivity index (χ4n) is 3.14. The van der Waals surface area contributed by atoms with Gasteiger partial charge >= 0.3 is 0 Å². The van der Waals surface area contributed by atoms with Gasteiger partial charge in [-0.3, -0.25) is 4.79 Å². The van der Waals surface area contributed by atoms with E-state index in [2.05, 4.69) is 24.3 Å². The summed E-state index contributed by atoms with van der Waals surface area (Å²) in [5.41, 5.74) is 4.49. The van der Waals surface area contributed by atoms with Crippen molar-refractivity contribution in [3.05, 3.63) is 65.0 Å². The van der Waals surface area contributed by atoms with Gasteiger partial charge in [0.15, 0.2) is 5.78 Å². The molecule has 5 heteroatoms. The molecule has 0 spiro atoms. The first-order valence-electron chi connectivity index (χ1n) is 8.38. The number of para-hydroxylation sites is 2. The van der Waals surface area contributed by atoms with E-state index in [0.717, 1.165) is 27.4 Å². The molecule has 0 aliphatic carbocycles. The van der Waals surface area contributed by atoms with Crippen LogP contribution in [0.3, 0.4) is 0 Å². The molecule has 132 valence electrons. The highest BCUT2D eigenvalue weighted by atomic mass is 32.2. The average Bonchev–Trinajstić information content (AvgIpc) is 2.89. The predicted molar refractivity (Wildman–Crippen MR) is 108 cm³/mol. The van der Waals surface area contributed by atoms with E-state index >= 15 is 0 Å². The number of aryl methyl sites for hydroxylation is 2. The molecule has 1 aliphatic rings. The number of carbonyl (C=O) groups excluding carboxylic acids is 1. The van der Waals surface area contributed by atoms with Gasteiger partial charge in [-0.05, 0) is 37.6 Å². The number of Topliss-reactive ketones (excluding diaryl/α,β-unsaturated/α-hetero) is 1. The van der Waals surface area contributed by atoms with Crippen LogP contribution < -0.4 is 9.80 Å².